The van der Waals surface area contributed by atoms with E-state index in [1.807, 2.05) is 11.4 Å². The maximum atomic E-state index is 13.0. The van der Waals surface area contributed by atoms with Crippen LogP contribution in [0.4, 0.5) is 11.4 Å². The molecule has 1 fully saturated rings. The van der Waals surface area contributed by atoms with Crippen molar-refractivity contribution in [2.45, 2.75) is 25.5 Å². The number of nitrogens with one attached hydrogen (secondary N) is 2. The van der Waals surface area contributed by atoms with E-state index in [1.54, 1.807) is 67.0 Å². The van der Waals surface area contributed by atoms with Crippen molar-refractivity contribution >= 4 is 34.5 Å². The summed E-state index contributed by atoms with van der Waals surface area (Å²) in [7, 11) is 1.59. The van der Waals surface area contributed by atoms with Crippen LogP contribution in [0.5, 0.6) is 5.75 Å². The van der Waals surface area contributed by atoms with Gasteiger partial charge in [0.2, 0.25) is 5.91 Å². The zero-order chi connectivity index (χ0) is 23.8. The predicted molar refractivity (Wildman–Crippen MR) is 135 cm³/mol. The van der Waals surface area contributed by atoms with E-state index < -0.39 is 0 Å². The largest absolute Gasteiger partial charge is 0.497 e. The number of rotatable bonds is 10. The Morgan fingerprint density at radius 2 is 1.91 bits per heavy atom. The quantitative estimate of drug-likeness (QED) is 0.443. The normalized spacial score (nSPS) is 15.3. The number of thiophene rings is 1. The fraction of sp³-hybridized carbons (Fsp3) is 0.308. The van der Waals surface area contributed by atoms with Gasteiger partial charge >= 0.3 is 0 Å². The van der Waals surface area contributed by atoms with Crippen LogP contribution in [0.15, 0.2) is 66.0 Å². The van der Waals surface area contributed by atoms with Gasteiger partial charge in [0.25, 0.3) is 5.91 Å². The Hall–Kier alpha value is -3.20. The number of carbonyl (C=O) groups excluding carboxylic acids is 2. The summed E-state index contributed by atoms with van der Waals surface area (Å²) in [5.74, 6) is 0.246. The predicted octanol–water partition coefficient (Wildman–Crippen LogP) is 4.63. The van der Waals surface area contributed by atoms with Crippen LogP contribution in [0.2, 0.25) is 0 Å². The summed E-state index contributed by atoms with van der Waals surface area (Å²) in [6, 6.07) is 18.2. The van der Waals surface area contributed by atoms with Crippen LogP contribution in [0, 0.1) is 0 Å². The van der Waals surface area contributed by atoms with Gasteiger partial charge < -0.3 is 20.1 Å². The Morgan fingerprint density at radius 1 is 1.09 bits per heavy atom. The Bertz CT molecular complexity index is 1080. The van der Waals surface area contributed by atoms with Crippen LogP contribution >= 0.6 is 11.3 Å². The lowest BCUT2D eigenvalue weighted by atomic mass is 10.1. The average molecular weight is 480 g/mol. The molecule has 0 radical (unpaired) electrons. The van der Waals surface area contributed by atoms with E-state index in [-0.39, 0.29) is 24.5 Å². The minimum atomic E-state index is -0.295. The molecule has 0 spiro atoms. The minimum absolute atomic E-state index is 0.148. The fourth-order valence-electron chi connectivity index (χ4n) is 3.94. The van der Waals surface area contributed by atoms with Crippen molar-refractivity contribution < 1.29 is 19.1 Å². The number of hydrogen-bond donors (Lipinski definition) is 2. The van der Waals surface area contributed by atoms with Gasteiger partial charge in [-0.15, -0.1) is 11.3 Å². The number of benzene rings is 2. The highest BCUT2D eigenvalue weighted by Gasteiger charge is 2.22. The van der Waals surface area contributed by atoms with Gasteiger partial charge in [0.05, 0.1) is 31.0 Å². The molecule has 34 heavy (non-hydrogen) atoms. The number of amides is 2. The summed E-state index contributed by atoms with van der Waals surface area (Å²) in [4.78, 5) is 29.2. The van der Waals surface area contributed by atoms with E-state index in [0.29, 0.717) is 35.8 Å². The third-order valence-electron chi connectivity index (χ3n) is 5.61. The minimum Gasteiger partial charge on any atom is -0.497 e. The van der Waals surface area contributed by atoms with Crippen molar-refractivity contribution in [3.63, 3.8) is 0 Å². The summed E-state index contributed by atoms with van der Waals surface area (Å²) >= 11 is 1.67. The third kappa shape index (κ3) is 6.66. The van der Waals surface area contributed by atoms with Crippen molar-refractivity contribution in [2.24, 2.45) is 0 Å². The Morgan fingerprint density at radius 3 is 2.62 bits per heavy atom. The van der Waals surface area contributed by atoms with Crippen molar-refractivity contribution in [2.75, 3.05) is 37.4 Å². The second kappa shape index (κ2) is 11.8. The number of carbonyl (C=O) groups is 2. The molecule has 7 nitrogen and oxygen atoms in total. The van der Waals surface area contributed by atoms with Crippen molar-refractivity contribution in [1.82, 2.24) is 4.90 Å². The molecule has 1 aromatic heterocycles. The smallest absolute Gasteiger partial charge is 0.257 e. The first-order chi connectivity index (χ1) is 16.6. The van der Waals surface area contributed by atoms with E-state index in [4.69, 9.17) is 9.47 Å². The van der Waals surface area contributed by atoms with Crippen LogP contribution in [-0.2, 0) is 16.1 Å². The lowest BCUT2D eigenvalue weighted by molar-refractivity contribution is -0.117. The van der Waals surface area contributed by atoms with Crippen LogP contribution in [0.1, 0.15) is 28.1 Å². The molecule has 0 bridgehead atoms. The highest BCUT2D eigenvalue weighted by molar-refractivity contribution is 7.09. The molecule has 3 aromatic rings. The number of hydrogen-bond acceptors (Lipinski definition) is 6. The van der Waals surface area contributed by atoms with Crippen molar-refractivity contribution in [3.8, 4) is 5.75 Å². The van der Waals surface area contributed by atoms with Crippen LogP contribution in [0.3, 0.4) is 0 Å². The summed E-state index contributed by atoms with van der Waals surface area (Å²) in [6.07, 6.45) is 2.22. The highest BCUT2D eigenvalue weighted by Crippen LogP contribution is 2.21. The standard InChI is InChI=1S/C26H29N3O4S/c1-32-20-12-10-19(11-13-20)27-26(31)23-8-2-3-9-24(23)28-25(30)18-29(16-21-6-4-14-33-21)17-22-7-5-15-34-22/h2-3,5,7-13,15,21H,4,6,14,16-18H2,1H3,(H,27,31)(H,28,30). The molecule has 178 valence electrons. The molecule has 1 atom stereocenters. The van der Waals surface area contributed by atoms with Gasteiger partial charge in [0.15, 0.2) is 0 Å². The van der Waals surface area contributed by atoms with E-state index in [1.165, 1.54) is 4.88 Å². The molecule has 4 rings (SSSR count). The molecule has 1 unspecified atom stereocenters. The van der Waals surface area contributed by atoms with E-state index in [9.17, 15) is 9.59 Å². The molecule has 2 aromatic carbocycles. The molecule has 1 saturated heterocycles. The van der Waals surface area contributed by atoms with Gasteiger partial charge in [-0.05, 0) is 60.7 Å². The van der Waals surface area contributed by atoms with Gasteiger partial charge in [-0.2, -0.15) is 0 Å². The topological polar surface area (TPSA) is 79.9 Å². The summed E-state index contributed by atoms with van der Waals surface area (Å²) in [5.41, 5.74) is 1.52. The fourth-order valence-corrected chi connectivity index (χ4v) is 4.69. The van der Waals surface area contributed by atoms with Gasteiger partial charge in [-0.25, -0.2) is 0 Å². The Kier molecular flexibility index (Phi) is 8.30. The second-order valence-electron chi connectivity index (χ2n) is 8.16. The van der Waals surface area contributed by atoms with Gasteiger partial charge in [0, 0.05) is 30.3 Å². The lowest BCUT2D eigenvalue weighted by Gasteiger charge is -2.24. The zero-order valence-corrected chi connectivity index (χ0v) is 20.0. The summed E-state index contributed by atoms with van der Waals surface area (Å²) < 4.78 is 10.9. The molecule has 2 heterocycles. The van der Waals surface area contributed by atoms with E-state index in [0.717, 1.165) is 19.4 Å². The first-order valence-electron chi connectivity index (χ1n) is 11.3. The van der Waals surface area contributed by atoms with Gasteiger partial charge in [-0.3, -0.25) is 14.5 Å². The molecule has 2 amide bonds. The molecule has 1 aliphatic rings. The first-order valence-corrected chi connectivity index (χ1v) is 12.2. The molecular formula is C26H29N3O4S. The van der Waals surface area contributed by atoms with Crippen LogP contribution in [0.25, 0.3) is 0 Å². The molecule has 0 saturated carbocycles. The lowest BCUT2D eigenvalue weighted by Crippen LogP contribution is -2.38. The summed E-state index contributed by atoms with van der Waals surface area (Å²) in [5, 5.41) is 7.84. The number of anilines is 2. The number of methoxy groups -OCH3 is 1. The Labute approximate surface area is 203 Å². The molecule has 0 aliphatic carbocycles. The van der Waals surface area contributed by atoms with Crippen molar-refractivity contribution in [3.05, 3.63) is 76.5 Å². The maximum Gasteiger partial charge on any atom is 0.257 e. The van der Waals surface area contributed by atoms with Gasteiger partial charge in [0.1, 0.15) is 5.75 Å². The van der Waals surface area contributed by atoms with Crippen LogP contribution < -0.4 is 15.4 Å². The van der Waals surface area contributed by atoms with Crippen LogP contribution in [-0.4, -0.2) is 49.6 Å². The van der Waals surface area contributed by atoms with Gasteiger partial charge in [-0.1, -0.05) is 18.2 Å². The third-order valence-corrected chi connectivity index (χ3v) is 6.47. The zero-order valence-electron chi connectivity index (χ0n) is 19.2. The maximum absolute atomic E-state index is 13.0. The average Bonchev–Trinajstić information content (AvgIpc) is 3.54. The molecule has 2 N–H and O–H groups in total. The Balaban J connectivity index is 1.41. The first kappa shape index (κ1) is 23.9. The number of ether oxygens (including phenoxy) is 2. The number of nitrogens with zero attached hydrogens (tertiary/aromatic N) is 1. The highest BCUT2D eigenvalue weighted by atomic mass is 32.1. The summed E-state index contributed by atoms with van der Waals surface area (Å²) in [6.45, 7) is 2.38. The monoisotopic (exact) mass is 479 g/mol. The van der Waals surface area contributed by atoms with E-state index in [2.05, 4.69) is 21.6 Å². The molecular weight excluding hydrogens is 450 g/mol. The van der Waals surface area contributed by atoms with Crippen molar-refractivity contribution in [1.29, 1.82) is 0 Å². The second-order valence-corrected chi connectivity index (χ2v) is 9.19. The molecule has 8 heteroatoms. The SMILES string of the molecule is COc1ccc(NC(=O)c2ccccc2NC(=O)CN(Cc2cccs2)CC2CCCO2)cc1. The van der Waals surface area contributed by atoms with E-state index >= 15 is 0 Å². The molecule has 1 aliphatic heterocycles. The number of para-hydroxylation sites is 1.